The SMILES string of the molecule is CC(=O)c1cccc2c1OB(O)[C@@H](CC(=O)CC1CCCC(CNCCN)C1)C2. The minimum atomic E-state index is -1.05. The molecular weight excluding hydrogens is 367 g/mol. The molecule has 2 aliphatic rings. The van der Waals surface area contributed by atoms with Crippen molar-refractivity contribution in [2.75, 3.05) is 19.6 Å². The zero-order chi connectivity index (χ0) is 20.8. The zero-order valence-corrected chi connectivity index (χ0v) is 17.4. The minimum Gasteiger partial charge on any atom is -0.535 e. The van der Waals surface area contributed by atoms with Gasteiger partial charge in [0.15, 0.2) is 5.78 Å². The van der Waals surface area contributed by atoms with Crippen LogP contribution in [0.3, 0.4) is 0 Å². The molecule has 0 aromatic heterocycles. The Hall–Kier alpha value is -1.70. The maximum atomic E-state index is 12.7. The summed E-state index contributed by atoms with van der Waals surface area (Å²) in [5, 5.41) is 13.8. The highest BCUT2D eigenvalue weighted by Crippen LogP contribution is 2.37. The van der Waals surface area contributed by atoms with Gasteiger partial charge >= 0.3 is 7.12 Å². The molecule has 3 rings (SSSR count). The summed E-state index contributed by atoms with van der Waals surface area (Å²) < 4.78 is 5.66. The Bertz CT molecular complexity index is 727. The van der Waals surface area contributed by atoms with Gasteiger partial charge in [0.25, 0.3) is 0 Å². The first-order valence-electron chi connectivity index (χ1n) is 10.9. The van der Waals surface area contributed by atoms with Gasteiger partial charge in [-0.2, -0.15) is 0 Å². The lowest BCUT2D eigenvalue weighted by molar-refractivity contribution is -0.120. The van der Waals surface area contributed by atoms with Crippen molar-refractivity contribution in [2.24, 2.45) is 17.6 Å². The molecule has 3 atom stereocenters. The molecule has 7 heteroatoms. The Morgan fingerprint density at radius 1 is 1.28 bits per heavy atom. The highest BCUT2D eigenvalue weighted by molar-refractivity contribution is 6.47. The molecule has 1 fully saturated rings. The van der Waals surface area contributed by atoms with E-state index in [-0.39, 0.29) is 17.4 Å². The topological polar surface area (TPSA) is 102 Å². The first-order chi connectivity index (χ1) is 14.0. The monoisotopic (exact) mass is 400 g/mol. The Labute approximate surface area is 173 Å². The zero-order valence-electron chi connectivity index (χ0n) is 17.4. The second-order valence-corrected chi connectivity index (χ2v) is 8.66. The molecule has 0 amide bonds. The van der Waals surface area contributed by atoms with E-state index in [1.165, 1.54) is 19.8 Å². The summed E-state index contributed by atoms with van der Waals surface area (Å²) in [6, 6.07) is 5.45. The highest BCUT2D eigenvalue weighted by atomic mass is 16.5. The van der Waals surface area contributed by atoms with E-state index in [0.717, 1.165) is 31.5 Å². The quantitative estimate of drug-likeness (QED) is 0.334. The third kappa shape index (κ3) is 5.90. The number of fused-ring (bicyclic) bond motifs is 1. The summed E-state index contributed by atoms with van der Waals surface area (Å²) in [5.41, 5.74) is 6.92. The van der Waals surface area contributed by atoms with Gasteiger partial charge in [0, 0.05) is 31.7 Å². The average Bonchev–Trinajstić information content (AvgIpc) is 2.68. The lowest BCUT2D eigenvalue weighted by Gasteiger charge is -2.30. The second kappa shape index (κ2) is 10.4. The van der Waals surface area contributed by atoms with E-state index in [0.29, 0.717) is 49.0 Å². The van der Waals surface area contributed by atoms with E-state index >= 15 is 0 Å². The third-order valence-electron chi connectivity index (χ3n) is 6.25. The van der Waals surface area contributed by atoms with E-state index in [9.17, 15) is 14.6 Å². The number of nitrogens with one attached hydrogen (secondary N) is 1. The number of hydrogen-bond donors (Lipinski definition) is 3. The van der Waals surface area contributed by atoms with Crippen LogP contribution in [-0.4, -0.2) is 43.3 Å². The molecular formula is C22H33BN2O4. The van der Waals surface area contributed by atoms with Crippen LogP contribution in [0.2, 0.25) is 5.82 Å². The Morgan fingerprint density at radius 2 is 2.07 bits per heavy atom. The van der Waals surface area contributed by atoms with Crippen LogP contribution in [0.4, 0.5) is 0 Å². The number of rotatable bonds is 9. The molecule has 158 valence electrons. The molecule has 0 saturated heterocycles. The number of ketones is 2. The van der Waals surface area contributed by atoms with Gasteiger partial charge in [0.05, 0.1) is 5.56 Å². The Morgan fingerprint density at radius 3 is 2.83 bits per heavy atom. The highest BCUT2D eigenvalue weighted by Gasteiger charge is 2.37. The summed E-state index contributed by atoms with van der Waals surface area (Å²) in [7, 11) is -1.05. The van der Waals surface area contributed by atoms with Gasteiger partial charge in [-0.3, -0.25) is 9.59 Å². The van der Waals surface area contributed by atoms with Gasteiger partial charge in [0.2, 0.25) is 0 Å². The van der Waals surface area contributed by atoms with Crippen LogP contribution in [0.5, 0.6) is 5.75 Å². The first-order valence-corrected chi connectivity index (χ1v) is 10.9. The average molecular weight is 400 g/mol. The van der Waals surface area contributed by atoms with Crippen LogP contribution < -0.4 is 15.7 Å². The molecule has 2 unspecified atom stereocenters. The van der Waals surface area contributed by atoms with Gasteiger partial charge in [-0.25, -0.2) is 0 Å². The molecule has 0 spiro atoms. The molecule has 0 bridgehead atoms. The van der Waals surface area contributed by atoms with Gasteiger partial charge in [-0.1, -0.05) is 25.0 Å². The number of benzene rings is 1. The largest absolute Gasteiger partial charge is 0.535 e. The van der Waals surface area contributed by atoms with Crippen LogP contribution in [0, 0.1) is 11.8 Å². The summed E-state index contributed by atoms with van der Waals surface area (Å²) >= 11 is 0. The lowest BCUT2D eigenvalue weighted by Crippen LogP contribution is -2.36. The molecule has 1 saturated carbocycles. The predicted octanol–water partition coefficient (Wildman–Crippen LogP) is 2.38. The van der Waals surface area contributed by atoms with Gasteiger partial charge < -0.3 is 20.7 Å². The van der Waals surface area contributed by atoms with Gasteiger partial charge in [0.1, 0.15) is 11.5 Å². The molecule has 4 N–H and O–H groups in total. The Balaban J connectivity index is 1.53. The summed E-state index contributed by atoms with van der Waals surface area (Å²) in [4.78, 5) is 24.5. The van der Waals surface area contributed by atoms with Crippen molar-refractivity contribution in [3.05, 3.63) is 29.3 Å². The van der Waals surface area contributed by atoms with E-state index < -0.39 is 7.12 Å². The van der Waals surface area contributed by atoms with Crippen LogP contribution >= 0.6 is 0 Å². The van der Waals surface area contributed by atoms with Crippen LogP contribution in [0.15, 0.2) is 18.2 Å². The number of carbonyl (C=O) groups is 2. The van der Waals surface area contributed by atoms with Crippen molar-refractivity contribution in [1.82, 2.24) is 5.32 Å². The number of carbonyl (C=O) groups excluding carboxylic acids is 2. The van der Waals surface area contributed by atoms with Crippen molar-refractivity contribution < 1.29 is 19.3 Å². The fourth-order valence-electron chi connectivity index (χ4n) is 4.81. The minimum absolute atomic E-state index is 0.0867. The predicted molar refractivity (Wildman–Crippen MR) is 114 cm³/mol. The first kappa shape index (κ1) is 22.0. The number of nitrogens with two attached hydrogens (primary N) is 1. The normalized spacial score (nSPS) is 24.0. The standard InChI is InChI=1S/C22H33BN2O4/c1-15(26)21-7-3-6-18-12-19(23(28)29-22(18)21)13-20(27)11-16-4-2-5-17(10-16)14-25-9-8-24/h3,6-7,16-17,19,25,28H,2,4-5,8-14,24H2,1H3/t16?,17?,19-/m1/s1. The number of para-hydroxylation sites is 1. The molecule has 6 nitrogen and oxygen atoms in total. The van der Waals surface area contributed by atoms with Gasteiger partial charge in [-0.05, 0) is 56.2 Å². The Kier molecular flexibility index (Phi) is 7.87. The van der Waals surface area contributed by atoms with Crippen LogP contribution in [0.1, 0.15) is 61.4 Å². The maximum Gasteiger partial charge on any atom is 0.526 e. The molecule has 1 aliphatic heterocycles. The third-order valence-corrected chi connectivity index (χ3v) is 6.25. The lowest BCUT2D eigenvalue weighted by atomic mass is 9.64. The summed E-state index contributed by atoms with van der Waals surface area (Å²) in [6.07, 6.45) is 6.02. The van der Waals surface area contributed by atoms with Gasteiger partial charge in [-0.15, -0.1) is 0 Å². The smallest absolute Gasteiger partial charge is 0.526 e. The molecule has 0 radical (unpaired) electrons. The van der Waals surface area contributed by atoms with Crippen molar-refractivity contribution in [3.8, 4) is 5.75 Å². The number of hydrogen-bond acceptors (Lipinski definition) is 6. The van der Waals surface area contributed by atoms with Crippen molar-refractivity contribution >= 4 is 18.7 Å². The fraction of sp³-hybridized carbons (Fsp3) is 0.636. The fourth-order valence-corrected chi connectivity index (χ4v) is 4.81. The molecule has 1 aliphatic carbocycles. The molecule has 1 aromatic rings. The van der Waals surface area contributed by atoms with E-state index in [1.54, 1.807) is 6.07 Å². The van der Waals surface area contributed by atoms with E-state index in [2.05, 4.69) is 5.32 Å². The second-order valence-electron chi connectivity index (χ2n) is 8.66. The number of Topliss-reactive ketones (excluding diaryl/α,β-unsaturated/α-hetero) is 2. The van der Waals surface area contributed by atoms with Crippen molar-refractivity contribution in [2.45, 2.75) is 57.7 Å². The van der Waals surface area contributed by atoms with Crippen LogP contribution in [0.25, 0.3) is 0 Å². The van der Waals surface area contributed by atoms with E-state index in [4.69, 9.17) is 10.4 Å². The van der Waals surface area contributed by atoms with E-state index in [1.807, 2.05) is 12.1 Å². The summed E-state index contributed by atoms with van der Waals surface area (Å²) in [5.74, 6) is 1.37. The van der Waals surface area contributed by atoms with Crippen molar-refractivity contribution in [1.29, 1.82) is 0 Å². The molecule has 1 aromatic carbocycles. The maximum absolute atomic E-state index is 12.7. The molecule has 29 heavy (non-hydrogen) atoms. The summed E-state index contributed by atoms with van der Waals surface area (Å²) in [6.45, 7) is 3.96. The van der Waals surface area contributed by atoms with Crippen LogP contribution in [-0.2, 0) is 11.2 Å². The van der Waals surface area contributed by atoms with Crippen molar-refractivity contribution in [3.63, 3.8) is 0 Å². The molecule has 1 heterocycles.